The van der Waals surface area contributed by atoms with Gasteiger partial charge in [-0.25, -0.2) is 0 Å². The molecule has 0 atom stereocenters. The molecule has 9 heteroatoms. The summed E-state index contributed by atoms with van der Waals surface area (Å²) in [6, 6.07) is 6.71. The van der Waals surface area contributed by atoms with E-state index in [0.717, 1.165) is 0 Å². The van der Waals surface area contributed by atoms with E-state index < -0.39 is 0 Å². The van der Waals surface area contributed by atoms with Crippen molar-refractivity contribution in [2.24, 2.45) is 0 Å². The van der Waals surface area contributed by atoms with E-state index >= 15 is 0 Å². The van der Waals surface area contributed by atoms with Gasteiger partial charge in [-0.1, -0.05) is 12.1 Å². The van der Waals surface area contributed by atoms with Crippen LogP contribution in [0.4, 0.5) is 0 Å². The van der Waals surface area contributed by atoms with Crippen molar-refractivity contribution in [2.75, 3.05) is 39.3 Å². The fraction of sp³-hybridized carbons (Fsp3) is 0.500. The molecule has 166 valence electrons. The maximum Gasteiger partial charge on any atom is 0.306 e. The highest BCUT2D eigenvalue weighted by Gasteiger charge is 2.34. The minimum atomic E-state index is -0.386. The van der Waals surface area contributed by atoms with Gasteiger partial charge < -0.3 is 14.5 Å². The van der Waals surface area contributed by atoms with Crippen molar-refractivity contribution < 1.29 is 28.7 Å². The van der Waals surface area contributed by atoms with Crippen molar-refractivity contribution >= 4 is 29.6 Å². The second kappa shape index (κ2) is 10.2. The van der Waals surface area contributed by atoms with Crippen LogP contribution in [0.15, 0.2) is 24.3 Å². The third-order valence-corrected chi connectivity index (χ3v) is 5.48. The Morgan fingerprint density at radius 3 is 1.87 bits per heavy atom. The minimum absolute atomic E-state index is 0.0592. The molecule has 0 bridgehead atoms. The molecular weight excluding hydrogens is 402 g/mol. The number of nitrogens with zero attached hydrogens (tertiary/aromatic N) is 3. The maximum atomic E-state index is 12.5. The quantitative estimate of drug-likeness (QED) is 0.452. The molecule has 1 saturated heterocycles. The third-order valence-electron chi connectivity index (χ3n) is 5.48. The monoisotopic (exact) mass is 429 g/mol. The lowest BCUT2D eigenvalue weighted by Crippen LogP contribution is -2.50. The molecule has 4 amide bonds. The molecule has 2 heterocycles. The molecule has 1 fully saturated rings. The Kier molecular flexibility index (Phi) is 7.38. The van der Waals surface area contributed by atoms with E-state index in [9.17, 15) is 24.0 Å². The van der Waals surface area contributed by atoms with Gasteiger partial charge in [0, 0.05) is 45.6 Å². The number of benzene rings is 1. The van der Waals surface area contributed by atoms with E-state index in [1.165, 1.54) is 4.90 Å². The molecule has 0 spiro atoms. The molecule has 2 aliphatic heterocycles. The zero-order chi connectivity index (χ0) is 22.4. The number of hydrogen-bond donors (Lipinski definition) is 0. The van der Waals surface area contributed by atoms with Crippen LogP contribution in [0.3, 0.4) is 0 Å². The van der Waals surface area contributed by atoms with Gasteiger partial charge in [0.15, 0.2) is 0 Å². The molecule has 31 heavy (non-hydrogen) atoms. The summed E-state index contributed by atoms with van der Waals surface area (Å²) in [5.41, 5.74) is 0.810. The van der Waals surface area contributed by atoms with E-state index in [1.54, 1.807) is 41.0 Å². The van der Waals surface area contributed by atoms with Crippen LogP contribution in [0.25, 0.3) is 0 Å². The predicted octanol–water partition coefficient (Wildman–Crippen LogP) is 1.08. The van der Waals surface area contributed by atoms with Crippen molar-refractivity contribution in [3.8, 4) is 0 Å². The summed E-state index contributed by atoms with van der Waals surface area (Å²) in [6.45, 7) is 3.91. The van der Waals surface area contributed by atoms with Gasteiger partial charge in [-0.05, 0) is 25.5 Å². The van der Waals surface area contributed by atoms with E-state index in [4.69, 9.17) is 4.74 Å². The number of ether oxygens (including phenoxy) is 1. The van der Waals surface area contributed by atoms with E-state index in [2.05, 4.69) is 0 Å². The van der Waals surface area contributed by atoms with Crippen LogP contribution in [0, 0.1) is 0 Å². The normalized spacial score (nSPS) is 15.8. The fourth-order valence-corrected chi connectivity index (χ4v) is 3.79. The second-order valence-electron chi connectivity index (χ2n) is 7.48. The highest BCUT2D eigenvalue weighted by Crippen LogP contribution is 2.22. The third kappa shape index (κ3) is 5.28. The number of piperazine rings is 1. The van der Waals surface area contributed by atoms with Gasteiger partial charge in [-0.3, -0.25) is 28.9 Å². The van der Waals surface area contributed by atoms with Gasteiger partial charge in [-0.15, -0.1) is 0 Å². The first-order valence-corrected chi connectivity index (χ1v) is 10.6. The summed E-state index contributed by atoms with van der Waals surface area (Å²) in [6.07, 6.45) is 0.782. The number of esters is 1. The molecule has 0 unspecified atom stereocenters. The smallest absolute Gasteiger partial charge is 0.306 e. The Balaban J connectivity index is 1.38. The van der Waals surface area contributed by atoms with E-state index in [0.29, 0.717) is 50.3 Å². The van der Waals surface area contributed by atoms with Gasteiger partial charge in [0.2, 0.25) is 11.8 Å². The van der Waals surface area contributed by atoms with Crippen LogP contribution >= 0.6 is 0 Å². The number of fused-ring (bicyclic) bond motifs is 1. The Hall–Kier alpha value is -3.23. The number of imide groups is 1. The summed E-state index contributed by atoms with van der Waals surface area (Å²) < 4.78 is 4.83. The molecule has 0 aromatic heterocycles. The molecule has 0 aliphatic carbocycles. The first-order chi connectivity index (χ1) is 14.9. The Labute approximate surface area is 180 Å². The van der Waals surface area contributed by atoms with Crippen molar-refractivity contribution in [3.05, 3.63) is 35.4 Å². The summed E-state index contributed by atoms with van der Waals surface area (Å²) in [5.74, 6) is -1.20. The van der Waals surface area contributed by atoms with Crippen molar-refractivity contribution in [2.45, 2.75) is 32.6 Å². The SMILES string of the molecule is CCOC(=O)CCC(=O)N1CCN(C(=O)CCCN2C(=O)c3ccccc3C2=O)CC1. The van der Waals surface area contributed by atoms with E-state index in [-0.39, 0.29) is 55.4 Å². The van der Waals surface area contributed by atoms with Crippen LogP contribution in [0.5, 0.6) is 0 Å². The van der Waals surface area contributed by atoms with Gasteiger partial charge in [0.1, 0.15) is 0 Å². The summed E-state index contributed by atoms with van der Waals surface area (Å²) >= 11 is 0. The fourth-order valence-electron chi connectivity index (χ4n) is 3.79. The first kappa shape index (κ1) is 22.5. The average Bonchev–Trinajstić information content (AvgIpc) is 3.02. The lowest BCUT2D eigenvalue weighted by molar-refractivity contribution is -0.146. The lowest BCUT2D eigenvalue weighted by atomic mass is 10.1. The summed E-state index contributed by atoms with van der Waals surface area (Å²) in [4.78, 5) is 65.3. The maximum absolute atomic E-state index is 12.5. The predicted molar refractivity (Wildman–Crippen MR) is 110 cm³/mol. The zero-order valence-electron chi connectivity index (χ0n) is 17.7. The molecule has 1 aromatic rings. The van der Waals surface area contributed by atoms with Crippen LogP contribution in [0.2, 0.25) is 0 Å². The molecule has 0 saturated carbocycles. The highest BCUT2D eigenvalue weighted by molar-refractivity contribution is 6.21. The van der Waals surface area contributed by atoms with Crippen molar-refractivity contribution in [1.82, 2.24) is 14.7 Å². The zero-order valence-corrected chi connectivity index (χ0v) is 17.7. The van der Waals surface area contributed by atoms with Gasteiger partial charge >= 0.3 is 5.97 Å². The van der Waals surface area contributed by atoms with Crippen LogP contribution < -0.4 is 0 Å². The first-order valence-electron chi connectivity index (χ1n) is 10.6. The van der Waals surface area contributed by atoms with Crippen molar-refractivity contribution in [3.63, 3.8) is 0 Å². The molecule has 3 rings (SSSR count). The minimum Gasteiger partial charge on any atom is -0.466 e. The molecule has 0 radical (unpaired) electrons. The van der Waals surface area contributed by atoms with E-state index in [1.807, 2.05) is 0 Å². The molecule has 2 aliphatic rings. The number of hydrogen-bond acceptors (Lipinski definition) is 6. The molecule has 0 N–H and O–H groups in total. The van der Waals surface area contributed by atoms with Gasteiger partial charge in [0.05, 0.1) is 24.2 Å². The standard InChI is InChI=1S/C22H27N3O6/c1-2-31-20(28)10-9-19(27)24-14-12-23(13-15-24)18(26)8-5-11-25-21(29)16-6-3-4-7-17(16)22(25)30/h3-4,6-7H,2,5,8-15H2,1H3. The van der Waals surface area contributed by atoms with Crippen molar-refractivity contribution in [1.29, 1.82) is 0 Å². The Morgan fingerprint density at radius 1 is 0.839 bits per heavy atom. The molecular formula is C22H27N3O6. The number of carbonyl (C=O) groups is 5. The van der Waals surface area contributed by atoms with Gasteiger partial charge in [0.25, 0.3) is 11.8 Å². The lowest BCUT2D eigenvalue weighted by Gasteiger charge is -2.35. The summed E-state index contributed by atoms with van der Waals surface area (Å²) in [7, 11) is 0. The second-order valence-corrected chi connectivity index (χ2v) is 7.48. The average molecular weight is 429 g/mol. The highest BCUT2D eigenvalue weighted by atomic mass is 16.5. The largest absolute Gasteiger partial charge is 0.466 e. The van der Waals surface area contributed by atoms with Crippen LogP contribution in [-0.2, 0) is 19.1 Å². The number of carbonyl (C=O) groups excluding carboxylic acids is 5. The molecule has 1 aromatic carbocycles. The van der Waals surface area contributed by atoms with Gasteiger partial charge in [-0.2, -0.15) is 0 Å². The Morgan fingerprint density at radius 2 is 1.35 bits per heavy atom. The summed E-state index contributed by atoms with van der Waals surface area (Å²) in [5, 5.41) is 0. The number of rotatable bonds is 8. The topological polar surface area (TPSA) is 104 Å². The Bertz CT molecular complexity index is 841. The van der Waals surface area contributed by atoms with Crippen LogP contribution in [0.1, 0.15) is 53.3 Å². The number of amides is 4. The molecule has 9 nitrogen and oxygen atoms in total. The van der Waals surface area contributed by atoms with Crippen LogP contribution in [-0.4, -0.2) is 83.6 Å².